The smallest absolute Gasteiger partial charge is 0.334 e. The fourth-order valence-electron chi connectivity index (χ4n) is 4.67. The second kappa shape index (κ2) is 7.94. The number of fused-ring (bicyclic) bond motifs is 3. The minimum Gasteiger partial charge on any atom is -0.334 e. The monoisotopic (exact) mass is 382 g/mol. The third-order valence-corrected chi connectivity index (χ3v) is 5.96. The molecule has 150 valence electrons. The van der Waals surface area contributed by atoms with E-state index in [4.69, 9.17) is 0 Å². The standard InChI is InChI=1S/C22H30N4O2/c1-16(2)14-25-22(28)24-15-19-12-11-18(13-20(24)23-25)26(19)21(27)10-6-9-17-7-4-3-5-8-17/h3-5,7-8,16,18-19H,6,9-15H2,1-2H3. The Morgan fingerprint density at radius 2 is 1.93 bits per heavy atom. The Kier molecular flexibility index (Phi) is 5.38. The third kappa shape index (κ3) is 3.77. The van der Waals surface area contributed by atoms with E-state index in [9.17, 15) is 9.59 Å². The Balaban J connectivity index is 1.43. The number of rotatable bonds is 6. The summed E-state index contributed by atoms with van der Waals surface area (Å²) in [6.07, 6.45) is 5.06. The largest absolute Gasteiger partial charge is 0.345 e. The van der Waals surface area contributed by atoms with E-state index in [2.05, 4.69) is 36.0 Å². The van der Waals surface area contributed by atoms with Crippen LogP contribution in [-0.4, -0.2) is 37.2 Å². The van der Waals surface area contributed by atoms with Crippen LogP contribution >= 0.6 is 0 Å². The van der Waals surface area contributed by atoms with Gasteiger partial charge in [0.15, 0.2) is 0 Å². The van der Waals surface area contributed by atoms with Gasteiger partial charge >= 0.3 is 5.69 Å². The van der Waals surface area contributed by atoms with Gasteiger partial charge in [-0.2, -0.15) is 5.10 Å². The summed E-state index contributed by atoms with van der Waals surface area (Å²) < 4.78 is 3.42. The van der Waals surface area contributed by atoms with Gasteiger partial charge in [0.05, 0.1) is 6.04 Å². The van der Waals surface area contributed by atoms with E-state index in [0.717, 1.165) is 31.5 Å². The summed E-state index contributed by atoms with van der Waals surface area (Å²) in [5, 5.41) is 4.59. The third-order valence-electron chi connectivity index (χ3n) is 5.96. The molecule has 1 amide bonds. The van der Waals surface area contributed by atoms with Crippen molar-refractivity contribution in [3.63, 3.8) is 0 Å². The molecule has 2 aromatic rings. The van der Waals surface area contributed by atoms with Gasteiger partial charge in [0.2, 0.25) is 5.91 Å². The predicted octanol–water partition coefficient (Wildman–Crippen LogP) is 2.64. The zero-order valence-corrected chi connectivity index (χ0v) is 16.9. The van der Waals surface area contributed by atoms with E-state index in [-0.39, 0.29) is 23.7 Å². The number of aromatic nitrogens is 3. The molecule has 0 N–H and O–H groups in total. The van der Waals surface area contributed by atoms with Crippen LogP contribution in [0.1, 0.15) is 50.9 Å². The SMILES string of the molecule is CC(C)Cn1nc2n(c1=O)CC1CCC(C2)N1C(=O)CCCc1ccccc1. The number of aryl methyl sites for hydroxylation is 1. The van der Waals surface area contributed by atoms with Crippen molar-refractivity contribution in [3.8, 4) is 0 Å². The molecule has 0 aliphatic carbocycles. The number of nitrogens with zero attached hydrogens (tertiary/aromatic N) is 4. The average Bonchev–Trinajstić information content (AvgIpc) is 3.12. The van der Waals surface area contributed by atoms with Crippen LogP contribution in [0.2, 0.25) is 0 Å². The summed E-state index contributed by atoms with van der Waals surface area (Å²) in [5.41, 5.74) is 1.26. The van der Waals surface area contributed by atoms with E-state index in [0.29, 0.717) is 31.8 Å². The highest BCUT2D eigenvalue weighted by Gasteiger charge is 2.40. The Morgan fingerprint density at radius 1 is 1.18 bits per heavy atom. The molecule has 2 aliphatic heterocycles. The van der Waals surface area contributed by atoms with E-state index >= 15 is 0 Å². The molecule has 1 aromatic heterocycles. The lowest BCUT2D eigenvalue weighted by atomic mass is 10.1. The second-order valence-corrected chi connectivity index (χ2v) is 8.61. The molecule has 0 saturated carbocycles. The van der Waals surface area contributed by atoms with Gasteiger partial charge in [-0.05, 0) is 37.2 Å². The zero-order chi connectivity index (χ0) is 19.7. The highest BCUT2D eigenvalue weighted by Crippen LogP contribution is 2.31. The van der Waals surface area contributed by atoms with Crippen LogP contribution in [0.4, 0.5) is 0 Å². The molecule has 2 unspecified atom stereocenters. The Labute approximate surface area is 166 Å². The van der Waals surface area contributed by atoms with E-state index in [1.54, 1.807) is 4.68 Å². The lowest BCUT2D eigenvalue weighted by molar-refractivity contribution is -0.134. The van der Waals surface area contributed by atoms with Gasteiger partial charge in [0.1, 0.15) is 5.82 Å². The molecule has 1 fully saturated rings. The number of amides is 1. The molecule has 3 heterocycles. The van der Waals surface area contributed by atoms with Crippen LogP contribution in [0, 0.1) is 5.92 Å². The van der Waals surface area contributed by atoms with Crippen molar-refractivity contribution < 1.29 is 4.79 Å². The van der Waals surface area contributed by atoms with Crippen LogP contribution in [-0.2, 0) is 30.7 Å². The zero-order valence-electron chi connectivity index (χ0n) is 16.9. The molecule has 2 atom stereocenters. The summed E-state index contributed by atoms with van der Waals surface area (Å²) in [5.74, 6) is 1.47. The average molecular weight is 383 g/mol. The summed E-state index contributed by atoms with van der Waals surface area (Å²) in [6, 6.07) is 10.6. The van der Waals surface area contributed by atoms with Crippen molar-refractivity contribution in [2.75, 3.05) is 0 Å². The molecule has 6 heteroatoms. The van der Waals surface area contributed by atoms with Crippen molar-refractivity contribution in [2.24, 2.45) is 5.92 Å². The van der Waals surface area contributed by atoms with Gasteiger partial charge in [-0.3, -0.25) is 9.36 Å². The van der Waals surface area contributed by atoms with Gasteiger partial charge in [0, 0.05) is 32.0 Å². The molecule has 4 rings (SSSR count). The summed E-state index contributed by atoms with van der Waals surface area (Å²) in [7, 11) is 0. The Bertz CT molecular complexity index is 884. The lowest BCUT2D eigenvalue weighted by Gasteiger charge is -2.28. The first-order valence-corrected chi connectivity index (χ1v) is 10.5. The maximum absolute atomic E-state index is 13.0. The van der Waals surface area contributed by atoms with Crippen LogP contribution in [0.15, 0.2) is 35.1 Å². The van der Waals surface area contributed by atoms with Crippen LogP contribution in [0.25, 0.3) is 0 Å². The first kappa shape index (κ1) is 19.0. The Morgan fingerprint density at radius 3 is 2.68 bits per heavy atom. The maximum atomic E-state index is 13.0. The number of carbonyl (C=O) groups is 1. The first-order chi connectivity index (χ1) is 13.5. The Hall–Kier alpha value is -2.37. The van der Waals surface area contributed by atoms with Crippen molar-refractivity contribution in [1.82, 2.24) is 19.2 Å². The molecular weight excluding hydrogens is 352 g/mol. The van der Waals surface area contributed by atoms with Crippen LogP contribution in [0.5, 0.6) is 0 Å². The number of benzene rings is 1. The van der Waals surface area contributed by atoms with E-state index in [1.807, 2.05) is 22.8 Å². The molecule has 1 aromatic carbocycles. The van der Waals surface area contributed by atoms with Crippen molar-refractivity contribution in [2.45, 2.75) is 77.5 Å². The van der Waals surface area contributed by atoms with Gasteiger partial charge in [-0.25, -0.2) is 9.48 Å². The molecule has 0 spiro atoms. The van der Waals surface area contributed by atoms with Crippen LogP contribution < -0.4 is 5.69 Å². The molecule has 2 aliphatic rings. The number of hydrogen-bond donors (Lipinski definition) is 0. The fraction of sp³-hybridized carbons (Fsp3) is 0.591. The minimum absolute atomic E-state index is 0.0206. The van der Waals surface area contributed by atoms with E-state index in [1.165, 1.54) is 5.56 Å². The number of carbonyl (C=O) groups excluding carboxylic acids is 1. The maximum Gasteiger partial charge on any atom is 0.345 e. The lowest BCUT2D eigenvalue weighted by Crippen LogP contribution is -2.43. The minimum atomic E-state index is -0.0206. The van der Waals surface area contributed by atoms with Gasteiger partial charge in [-0.1, -0.05) is 44.2 Å². The molecule has 28 heavy (non-hydrogen) atoms. The van der Waals surface area contributed by atoms with Gasteiger partial charge < -0.3 is 4.90 Å². The van der Waals surface area contributed by atoms with Gasteiger partial charge in [-0.15, -0.1) is 0 Å². The molecule has 6 nitrogen and oxygen atoms in total. The van der Waals surface area contributed by atoms with E-state index < -0.39 is 0 Å². The quantitative estimate of drug-likeness (QED) is 0.772. The fourth-order valence-corrected chi connectivity index (χ4v) is 4.67. The van der Waals surface area contributed by atoms with Crippen molar-refractivity contribution in [1.29, 1.82) is 0 Å². The summed E-state index contributed by atoms with van der Waals surface area (Å²) in [6.45, 7) is 5.43. The summed E-state index contributed by atoms with van der Waals surface area (Å²) in [4.78, 5) is 27.8. The first-order valence-electron chi connectivity index (χ1n) is 10.5. The van der Waals surface area contributed by atoms with Crippen LogP contribution in [0.3, 0.4) is 0 Å². The molecule has 2 bridgehead atoms. The molecule has 0 radical (unpaired) electrons. The molecule has 1 saturated heterocycles. The second-order valence-electron chi connectivity index (χ2n) is 8.61. The highest BCUT2D eigenvalue weighted by molar-refractivity contribution is 5.77. The van der Waals surface area contributed by atoms with Crippen molar-refractivity contribution >= 4 is 5.91 Å². The highest BCUT2D eigenvalue weighted by atomic mass is 16.2. The van der Waals surface area contributed by atoms with Crippen molar-refractivity contribution in [3.05, 3.63) is 52.2 Å². The normalized spacial score (nSPS) is 21.0. The molecular formula is C22H30N4O2. The summed E-state index contributed by atoms with van der Waals surface area (Å²) >= 11 is 0. The predicted molar refractivity (Wildman–Crippen MR) is 108 cm³/mol. The van der Waals surface area contributed by atoms with Gasteiger partial charge in [0.25, 0.3) is 0 Å². The number of hydrogen-bond acceptors (Lipinski definition) is 3. The topological polar surface area (TPSA) is 60.1 Å².